The summed E-state index contributed by atoms with van der Waals surface area (Å²) in [4.78, 5) is 10.4. The summed E-state index contributed by atoms with van der Waals surface area (Å²) < 4.78 is 0. The summed E-state index contributed by atoms with van der Waals surface area (Å²) in [5.74, 6) is -0.531. The molecule has 0 saturated heterocycles. The van der Waals surface area contributed by atoms with E-state index in [1.54, 1.807) is 0 Å². The number of allylic oxidation sites excluding steroid dienone is 1. The minimum absolute atomic E-state index is 0.430. The molecule has 5 nitrogen and oxygen atoms in total. The van der Waals surface area contributed by atoms with Crippen LogP contribution in [0.4, 0.5) is 0 Å². The van der Waals surface area contributed by atoms with Gasteiger partial charge in [0.15, 0.2) is 0 Å². The van der Waals surface area contributed by atoms with Crippen LogP contribution in [0.25, 0.3) is 0 Å². The minimum Gasteiger partial charge on any atom is -0.480 e. The fourth-order valence-electron chi connectivity index (χ4n) is 0.993. The lowest BCUT2D eigenvalue weighted by molar-refractivity contribution is -0.138. The lowest BCUT2D eigenvalue weighted by Gasteiger charge is -2.08. The maximum atomic E-state index is 10.4. The standard InChI is InChI=1S/C10H19N3O2/c1-2-3-6-9(12)13-7-4-5-8(11)10(14)15/h2-3,8H,4-7,11H2,1H3,(H2,12,13)(H,14,15)/t8-/m0/s1. The van der Waals surface area contributed by atoms with Gasteiger partial charge in [0.1, 0.15) is 6.04 Å². The third-order valence-electron chi connectivity index (χ3n) is 1.91. The molecule has 0 spiro atoms. The second-order valence-corrected chi connectivity index (χ2v) is 3.27. The average Bonchev–Trinajstić information content (AvgIpc) is 2.20. The van der Waals surface area contributed by atoms with Gasteiger partial charge in [-0.15, -0.1) is 0 Å². The van der Waals surface area contributed by atoms with Crippen molar-refractivity contribution in [1.82, 2.24) is 5.32 Å². The Labute approximate surface area is 89.9 Å². The van der Waals surface area contributed by atoms with Crippen molar-refractivity contribution < 1.29 is 9.90 Å². The molecule has 0 bridgehead atoms. The van der Waals surface area contributed by atoms with E-state index < -0.39 is 12.0 Å². The molecule has 0 fully saturated rings. The number of carboxylic acids is 1. The minimum atomic E-state index is -0.973. The first-order valence-electron chi connectivity index (χ1n) is 4.98. The third-order valence-corrected chi connectivity index (χ3v) is 1.91. The molecule has 0 radical (unpaired) electrons. The van der Waals surface area contributed by atoms with Crippen LogP contribution < -0.4 is 11.1 Å². The fraction of sp³-hybridized carbons (Fsp3) is 0.600. The van der Waals surface area contributed by atoms with E-state index in [9.17, 15) is 4.79 Å². The summed E-state index contributed by atoms with van der Waals surface area (Å²) in [6, 6.07) is -0.795. The molecular formula is C10H19N3O2. The van der Waals surface area contributed by atoms with Crippen molar-refractivity contribution >= 4 is 11.8 Å². The summed E-state index contributed by atoms with van der Waals surface area (Å²) in [5, 5.41) is 18.9. The number of rotatable bonds is 7. The van der Waals surface area contributed by atoms with Gasteiger partial charge in [0.05, 0.1) is 5.84 Å². The van der Waals surface area contributed by atoms with Gasteiger partial charge >= 0.3 is 5.97 Å². The van der Waals surface area contributed by atoms with Crippen LogP contribution in [0.2, 0.25) is 0 Å². The topological polar surface area (TPSA) is 99.2 Å². The maximum Gasteiger partial charge on any atom is 0.320 e. The Morgan fingerprint density at radius 2 is 2.33 bits per heavy atom. The summed E-state index contributed by atoms with van der Waals surface area (Å²) in [5.41, 5.74) is 5.32. The Bertz CT molecular complexity index is 239. The molecule has 0 unspecified atom stereocenters. The van der Waals surface area contributed by atoms with E-state index in [0.29, 0.717) is 31.6 Å². The van der Waals surface area contributed by atoms with E-state index in [1.807, 2.05) is 19.1 Å². The lowest BCUT2D eigenvalue weighted by Crippen LogP contribution is -2.31. The molecule has 0 saturated carbocycles. The monoisotopic (exact) mass is 213 g/mol. The van der Waals surface area contributed by atoms with Crippen molar-refractivity contribution in [3.8, 4) is 0 Å². The first-order chi connectivity index (χ1) is 7.07. The van der Waals surface area contributed by atoms with Gasteiger partial charge in [-0.2, -0.15) is 0 Å². The van der Waals surface area contributed by atoms with E-state index in [1.165, 1.54) is 0 Å². The highest BCUT2D eigenvalue weighted by molar-refractivity contribution is 5.80. The zero-order chi connectivity index (χ0) is 11.7. The number of nitrogens with one attached hydrogen (secondary N) is 2. The number of hydrogen-bond acceptors (Lipinski definition) is 3. The van der Waals surface area contributed by atoms with Gasteiger partial charge in [-0.1, -0.05) is 12.2 Å². The predicted molar refractivity (Wildman–Crippen MR) is 60.0 cm³/mol. The van der Waals surface area contributed by atoms with Crippen molar-refractivity contribution in [2.24, 2.45) is 5.73 Å². The zero-order valence-corrected chi connectivity index (χ0v) is 8.99. The summed E-state index contributed by atoms with van der Waals surface area (Å²) in [6.07, 6.45) is 5.45. The molecule has 0 aliphatic heterocycles. The van der Waals surface area contributed by atoms with Crippen molar-refractivity contribution in [1.29, 1.82) is 5.41 Å². The number of nitrogens with two attached hydrogens (primary N) is 1. The fourth-order valence-corrected chi connectivity index (χ4v) is 0.993. The average molecular weight is 213 g/mol. The Balaban J connectivity index is 3.46. The molecule has 1 atom stereocenters. The van der Waals surface area contributed by atoms with Crippen LogP contribution in [-0.2, 0) is 4.79 Å². The first-order valence-corrected chi connectivity index (χ1v) is 4.98. The molecule has 0 aromatic carbocycles. The molecule has 0 rings (SSSR count). The number of carbonyl (C=O) groups is 1. The highest BCUT2D eigenvalue weighted by Crippen LogP contribution is 1.93. The summed E-state index contributed by atoms with van der Waals surface area (Å²) in [7, 11) is 0. The van der Waals surface area contributed by atoms with Crippen molar-refractivity contribution in [2.45, 2.75) is 32.2 Å². The Kier molecular flexibility index (Phi) is 7.27. The largest absolute Gasteiger partial charge is 0.480 e. The quantitative estimate of drug-likeness (QED) is 0.216. The van der Waals surface area contributed by atoms with Crippen LogP contribution in [0.15, 0.2) is 12.2 Å². The normalized spacial score (nSPS) is 12.7. The second kappa shape index (κ2) is 7.99. The zero-order valence-electron chi connectivity index (χ0n) is 8.99. The van der Waals surface area contributed by atoms with Crippen LogP contribution in [0, 0.1) is 5.41 Å². The molecule has 0 aromatic heterocycles. The van der Waals surface area contributed by atoms with E-state index in [-0.39, 0.29) is 0 Å². The summed E-state index contributed by atoms with van der Waals surface area (Å²) >= 11 is 0. The van der Waals surface area contributed by atoms with Crippen LogP contribution in [0.3, 0.4) is 0 Å². The lowest BCUT2D eigenvalue weighted by atomic mass is 10.2. The number of aliphatic carboxylic acids is 1. The second-order valence-electron chi connectivity index (χ2n) is 3.27. The highest BCUT2D eigenvalue weighted by Gasteiger charge is 2.09. The van der Waals surface area contributed by atoms with Crippen LogP contribution in [0.1, 0.15) is 26.2 Å². The van der Waals surface area contributed by atoms with Gasteiger partial charge in [0, 0.05) is 13.0 Å². The van der Waals surface area contributed by atoms with Crippen molar-refractivity contribution in [3.05, 3.63) is 12.2 Å². The van der Waals surface area contributed by atoms with Gasteiger partial charge in [0.2, 0.25) is 0 Å². The molecule has 0 heterocycles. The van der Waals surface area contributed by atoms with Crippen LogP contribution in [0.5, 0.6) is 0 Å². The van der Waals surface area contributed by atoms with E-state index in [4.69, 9.17) is 16.2 Å². The number of hydrogen-bond donors (Lipinski definition) is 4. The Morgan fingerprint density at radius 1 is 1.67 bits per heavy atom. The van der Waals surface area contributed by atoms with Gasteiger partial charge in [-0.25, -0.2) is 0 Å². The molecular weight excluding hydrogens is 194 g/mol. The molecule has 5 N–H and O–H groups in total. The Morgan fingerprint density at radius 3 is 2.87 bits per heavy atom. The smallest absolute Gasteiger partial charge is 0.320 e. The molecule has 0 aliphatic carbocycles. The Hall–Kier alpha value is -1.36. The summed E-state index contributed by atoms with van der Waals surface area (Å²) in [6.45, 7) is 2.50. The van der Waals surface area contributed by atoms with Crippen molar-refractivity contribution in [3.63, 3.8) is 0 Å². The van der Waals surface area contributed by atoms with Gasteiger partial charge < -0.3 is 16.2 Å². The van der Waals surface area contributed by atoms with Crippen molar-refractivity contribution in [2.75, 3.05) is 6.54 Å². The van der Waals surface area contributed by atoms with Crippen LogP contribution >= 0.6 is 0 Å². The molecule has 0 amide bonds. The van der Waals surface area contributed by atoms with Gasteiger partial charge in [-0.3, -0.25) is 10.2 Å². The molecule has 86 valence electrons. The molecule has 5 heteroatoms. The predicted octanol–water partition coefficient (Wildman–Crippen LogP) is 0.712. The molecule has 0 aromatic rings. The third kappa shape index (κ3) is 7.69. The first kappa shape index (κ1) is 13.6. The maximum absolute atomic E-state index is 10.4. The number of amidine groups is 1. The van der Waals surface area contributed by atoms with E-state index >= 15 is 0 Å². The van der Waals surface area contributed by atoms with E-state index in [2.05, 4.69) is 5.32 Å². The van der Waals surface area contributed by atoms with Gasteiger partial charge in [0.25, 0.3) is 0 Å². The molecule has 15 heavy (non-hydrogen) atoms. The SMILES string of the molecule is CC=CCC(=N)NCCC[C@H](N)C(=O)O. The highest BCUT2D eigenvalue weighted by atomic mass is 16.4. The van der Waals surface area contributed by atoms with Crippen LogP contribution in [-0.4, -0.2) is 29.5 Å². The van der Waals surface area contributed by atoms with Gasteiger partial charge in [-0.05, 0) is 19.8 Å². The van der Waals surface area contributed by atoms with E-state index in [0.717, 1.165) is 0 Å². The number of carboxylic acid groups (broad SMARTS) is 1. The molecule has 0 aliphatic rings.